The van der Waals surface area contributed by atoms with Gasteiger partial charge in [-0.1, -0.05) is 12.8 Å². The highest BCUT2D eigenvalue weighted by Crippen LogP contribution is 2.22. The first-order valence-corrected chi connectivity index (χ1v) is 10.7. The fourth-order valence-corrected chi connectivity index (χ4v) is 4.58. The molecule has 2 aromatic heterocycles. The number of hydrogen-bond donors (Lipinski definition) is 0. The van der Waals surface area contributed by atoms with Crippen molar-refractivity contribution in [1.29, 1.82) is 0 Å². The zero-order valence-corrected chi connectivity index (χ0v) is 17.5. The summed E-state index contributed by atoms with van der Waals surface area (Å²) in [6, 6.07) is 4.70. The van der Waals surface area contributed by atoms with Gasteiger partial charge in [0.15, 0.2) is 5.69 Å². The van der Waals surface area contributed by atoms with Crippen molar-refractivity contribution in [3.8, 4) is 0 Å². The molecule has 4 rings (SSSR count). The number of aromatic nitrogens is 2. The summed E-state index contributed by atoms with van der Waals surface area (Å²) in [7, 11) is 4.36. The molecule has 6 nitrogen and oxygen atoms in total. The minimum absolute atomic E-state index is 0.107. The Labute approximate surface area is 168 Å². The summed E-state index contributed by atoms with van der Waals surface area (Å²) in [5, 5.41) is 0. The van der Waals surface area contributed by atoms with E-state index in [0.717, 1.165) is 56.9 Å². The van der Waals surface area contributed by atoms with E-state index in [9.17, 15) is 4.79 Å². The number of rotatable bonds is 4. The molecule has 28 heavy (non-hydrogen) atoms. The molecule has 0 N–H and O–H groups in total. The molecular weight excluding hydrogens is 350 g/mol. The lowest BCUT2D eigenvalue weighted by atomic mass is 10.2. The third-order valence-electron chi connectivity index (χ3n) is 6.37. The van der Waals surface area contributed by atoms with Gasteiger partial charge in [-0.2, -0.15) is 0 Å². The molecule has 0 bridgehead atoms. The van der Waals surface area contributed by atoms with Crippen molar-refractivity contribution in [2.24, 2.45) is 0 Å². The van der Waals surface area contributed by atoms with Crippen molar-refractivity contribution in [2.75, 3.05) is 40.3 Å². The second kappa shape index (κ2) is 8.21. The van der Waals surface area contributed by atoms with Crippen LogP contribution in [0.1, 0.15) is 53.8 Å². The van der Waals surface area contributed by atoms with Crippen LogP contribution in [-0.2, 0) is 6.54 Å². The second-order valence-corrected chi connectivity index (χ2v) is 8.67. The zero-order valence-electron chi connectivity index (χ0n) is 17.5. The predicted octanol–water partition coefficient (Wildman–Crippen LogP) is 2.79. The number of nitrogens with zero attached hydrogens (tertiary/aromatic N) is 5. The highest BCUT2D eigenvalue weighted by atomic mass is 16.2. The fraction of sp³-hybridized carbons (Fsp3) is 0.636. The van der Waals surface area contributed by atoms with Gasteiger partial charge in [0.25, 0.3) is 5.91 Å². The van der Waals surface area contributed by atoms with E-state index in [1.807, 2.05) is 4.90 Å². The third kappa shape index (κ3) is 3.94. The number of amides is 1. The average molecular weight is 384 g/mol. The third-order valence-corrected chi connectivity index (χ3v) is 6.37. The van der Waals surface area contributed by atoms with Crippen molar-refractivity contribution in [1.82, 2.24) is 24.1 Å². The number of likely N-dealkylation sites (tertiary alicyclic amines) is 2. The Morgan fingerprint density at radius 3 is 2.64 bits per heavy atom. The van der Waals surface area contributed by atoms with Crippen LogP contribution in [0.25, 0.3) is 5.65 Å². The topological polar surface area (TPSA) is 44.1 Å². The molecule has 1 unspecified atom stereocenters. The monoisotopic (exact) mass is 383 g/mol. The number of likely N-dealkylation sites (N-methyl/N-ethyl adjacent to an activating group) is 2. The predicted molar refractivity (Wildman–Crippen MR) is 112 cm³/mol. The van der Waals surface area contributed by atoms with Gasteiger partial charge >= 0.3 is 0 Å². The number of carbonyl (C=O) groups is 1. The maximum Gasteiger partial charge on any atom is 0.274 e. The minimum Gasteiger partial charge on any atom is -0.337 e. The Balaban J connectivity index is 1.66. The smallest absolute Gasteiger partial charge is 0.274 e. The Bertz CT molecular complexity index is 837. The molecule has 1 amide bonds. The van der Waals surface area contributed by atoms with Crippen molar-refractivity contribution in [3.63, 3.8) is 0 Å². The van der Waals surface area contributed by atoms with Crippen LogP contribution in [0.4, 0.5) is 0 Å². The molecule has 0 spiro atoms. The molecule has 152 valence electrons. The van der Waals surface area contributed by atoms with Gasteiger partial charge in [-0.15, -0.1) is 0 Å². The van der Waals surface area contributed by atoms with E-state index in [1.54, 1.807) is 0 Å². The molecule has 0 radical (unpaired) electrons. The standard InChI is InChI=1S/C22H33N5O/c1-17-8-13-27-19(16-25(3)18-9-12-24(2)15-18)21(23-20(27)14-17)22(28)26-10-6-4-5-7-11-26/h8,13-14,18H,4-7,9-12,15-16H2,1-3H3. The van der Waals surface area contributed by atoms with Crippen LogP contribution in [0.15, 0.2) is 18.3 Å². The first kappa shape index (κ1) is 19.4. The van der Waals surface area contributed by atoms with E-state index in [-0.39, 0.29) is 5.91 Å². The molecule has 1 atom stereocenters. The lowest BCUT2D eigenvalue weighted by Gasteiger charge is -2.25. The quantitative estimate of drug-likeness (QED) is 0.814. The van der Waals surface area contributed by atoms with Crippen molar-refractivity contribution in [2.45, 2.75) is 51.6 Å². The van der Waals surface area contributed by atoms with Crippen molar-refractivity contribution in [3.05, 3.63) is 35.3 Å². The second-order valence-electron chi connectivity index (χ2n) is 8.67. The van der Waals surface area contributed by atoms with Gasteiger partial charge in [-0.25, -0.2) is 4.98 Å². The fourth-order valence-electron chi connectivity index (χ4n) is 4.58. The molecule has 0 aliphatic carbocycles. The van der Waals surface area contributed by atoms with Crippen LogP contribution in [0.2, 0.25) is 0 Å². The van der Waals surface area contributed by atoms with E-state index in [1.165, 1.54) is 24.8 Å². The molecule has 0 saturated carbocycles. The molecule has 4 heterocycles. The number of carbonyl (C=O) groups excluding carboxylic acids is 1. The van der Waals surface area contributed by atoms with Gasteiger partial charge in [0.1, 0.15) is 5.65 Å². The largest absolute Gasteiger partial charge is 0.337 e. The molecule has 2 aromatic rings. The maximum atomic E-state index is 13.4. The van der Waals surface area contributed by atoms with E-state index >= 15 is 0 Å². The Morgan fingerprint density at radius 2 is 1.96 bits per heavy atom. The highest BCUT2D eigenvalue weighted by Gasteiger charge is 2.28. The number of fused-ring (bicyclic) bond motifs is 1. The number of pyridine rings is 1. The first-order chi connectivity index (χ1) is 13.5. The molecule has 2 saturated heterocycles. The Hall–Kier alpha value is -1.92. The zero-order chi connectivity index (χ0) is 19.7. The van der Waals surface area contributed by atoms with Gasteiger partial charge in [0, 0.05) is 38.4 Å². The lowest BCUT2D eigenvalue weighted by Crippen LogP contribution is -2.36. The molecule has 2 aliphatic heterocycles. The Morgan fingerprint density at radius 1 is 1.21 bits per heavy atom. The summed E-state index contributed by atoms with van der Waals surface area (Å²) in [6.07, 6.45) is 7.89. The summed E-state index contributed by atoms with van der Waals surface area (Å²) in [5.41, 5.74) is 3.72. The molecule has 2 aliphatic rings. The van der Waals surface area contributed by atoms with Crippen LogP contribution in [-0.4, -0.2) is 76.3 Å². The summed E-state index contributed by atoms with van der Waals surface area (Å²) in [5.74, 6) is 0.107. The normalized spacial score (nSPS) is 21.6. The van der Waals surface area contributed by atoms with Gasteiger partial charge in [-0.3, -0.25) is 9.69 Å². The van der Waals surface area contributed by atoms with Gasteiger partial charge in [0.2, 0.25) is 0 Å². The van der Waals surface area contributed by atoms with Gasteiger partial charge in [-0.05, 0) is 64.5 Å². The van der Waals surface area contributed by atoms with Crippen molar-refractivity contribution < 1.29 is 4.79 Å². The minimum atomic E-state index is 0.107. The van der Waals surface area contributed by atoms with Crippen LogP contribution >= 0.6 is 0 Å². The van der Waals surface area contributed by atoms with Crippen LogP contribution in [0, 0.1) is 6.92 Å². The lowest BCUT2D eigenvalue weighted by molar-refractivity contribution is 0.0753. The molecule has 6 heteroatoms. The van der Waals surface area contributed by atoms with Crippen LogP contribution in [0.3, 0.4) is 0 Å². The molecule has 0 aromatic carbocycles. The van der Waals surface area contributed by atoms with E-state index < -0.39 is 0 Å². The van der Waals surface area contributed by atoms with E-state index in [4.69, 9.17) is 4.98 Å². The average Bonchev–Trinajstić information content (AvgIpc) is 3.14. The van der Waals surface area contributed by atoms with Gasteiger partial charge < -0.3 is 14.2 Å². The van der Waals surface area contributed by atoms with Crippen LogP contribution in [0.5, 0.6) is 0 Å². The summed E-state index contributed by atoms with van der Waals surface area (Å²) >= 11 is 0. The molecule has 2 fully saturated rings. The first-order valence-electron chi connectivity index (χ1n) is 10.7. The Kier molecular flexibility index (Phi) is 5.69. The van der Waals surface area contributed by atoms with E-state index in [0.29, 0.717) is 11.7 Å². The van der Waals surface area contributed by atoms with E-state index in [2.05, 4.69) is 53.5 Å². The van der Waals surface area contributed by atoms with Gasteiger partial charge in [0.05, 0.1) is 5.69 Å². The summed E-state index contributed by atoms with van der Waals surface area (Å²) in [6.45, 7) is 6.76. The molecular formula is C22H33N5O. The number of hydrogen-bond acceptors (Lipinski definition) is 4. The van der Waals surface area contributed by atoms with Crippen molar-refractivity contribution >= 4 is 11.6 Å². The maximum absolute atomic E-state index is 13.4. The van der Waals surface area contributed by atoms with Crippen LogP contribution < -0.4 is 0 Å². The SMILES string of the molecule is Cc1ccn2c(CN(C)C3CCN(C)C3)c(C(=O)N3CCCCCC3)nc2c1. The summed E-state index contributed by atoms with van der Waals surface area (Å²) in [4.78, 5) is 25.0. The number of imidazole rings is 1. The summed E-state index contributed by atoms with van der Waals surface area (Å²) < 4.78 is 2.12. The highest BCUT2D eigenvalue weighted by molar-refractivity contribution is 5.94. The number of aryl methyl sites for hydroxylation is 1.